The number of anilines is 1. The van der Waals surface area contributed by atoms with Gasteiger partial charge in [0.05, 0.1) is 12.2 Å². The van der Waals surface area contributed by atoms with Crippen molar-refractivity contribution >= 4 is 33.0 Å². The van der Waals surface area contributed by atoms with Gasteiger partial charge < -0.3 is 4.90 Å². The first-order chi connectivity index (χ1) is 15.3. The van der Waals surface area contributed by atoms with E-state index in [0.717, 1.165) is 40.1 Å². The van der Waals surface area contributed by atoms with Crippen molar-refractivity contribution in [1.82, 2.24) is 4.31 Å². The molecule has 0 saturated carbocycles. The lowest BCUT2D eigenvalue weighted by atomic mass is 10.1. The predicted molar refractivity (Wildman–Crippen MR) is 116 cm³/mol. The summed E-state index contributed by atoms with van der Waals surface area (Å²) in [7, 11) is -4.11. The zero-order chi connectivity index (χ0) is 22.9. The van der Waals surface area contributed by atoms with E-state index in [0.29, 0.717) is 18.9 Å². The second kappa shape index (κ2) is 9.05. The Kier molecular flexibility index (Phi) is 6.36. The van der Waals surface area contributed by atoms with Crippen LogP contribution in [0.4, 0.5) is 18.9 Å². The minimum absolute atomic E-state index is 0.0232. The van der Waals surface area contributed by atoms with Crippen molar-refractivity contribution in [2.45, 2.75) is 24.3 Å². The number of benzene rings is 2. The van der Waals surface area contributed by atoms with E-state index in [9.17, 15) is 26.4 Å². The summed E-state index contributed by atoms with van der Waals surface area (Å²) in [4.78, 5) is 14.6. The number of amides is 1. The van der Waals surface area contributed by atoms with E-state index in [2.05, 4.69) is 0 Å². The lowest BCUT2D eigenvalue weighted by Gasteiger charge is -2.23. The third-order valence-corrected chi connectivity index (χ3v) is 7.98. The molecule has 0 spiro atoms. The molecule has 0 N–H and O–H groups in total. The molecular weight excluding hydrogens is 461 g/mol. The maximum Gasteiger partial charge on any atom is 0.258 e. The smallest absolute Gasteiger partial charge is 0.258 e. The van der Waals surface area contributed by atoms with Gasteiger partial charge in [0.1, 0.15) is 22.3 Å². The molecule has 0 aliphatic carbocycles. The molecule has 0 atom stereocenters. The van der Waals surface area contributed by atoms with Gasteiger partial charge in [0.2, 0.25) is 10.0 Å². The normalized spacial score (nSPS) is 14.6. The van der Waals surface area contributed by atoms with Crippen molar-refractivity contribution in [3.05, 3.63) is 81.8 Å². The van der Waals surface area contributed by atoms with Gasteiger partial charge in [-0.05, 0) is 54.6 Å². The number of carbonyl (C=O) groups excluding carboxylic acids is 1. The van der Waals surface area contributed by atoms with Gasteiger partial charge in [0.15, 0.2) is 0 Å². The summed E-state index contributed by atoms with van der Waals surface area (Å²) in [6.45, 7) is 0.543. The lowest BCUT2D eigenvalue weighted by molar-refractivity contribution is 0.0984. The maximum atomic E-state index is 14.5. The Bertz CT molecular complexity index is 1240. The topological polar surface area (TPSA) is 57.7 Å². The Balaban J connectivity index is 1.75. The average Bonchev–Trinajstić information content (AvgIpc) is 3.47. The third-order valence-electron chi connectivity index (χ3n) is 5.20. The third kappa shape index (κ3) is 4.43. The molecule has 5 nitrogen and oxygen atoms in total. The molecule has 1 saturated heterocycles. The molecule has 1 aliphatic heterocycles. The van der Waals surface area contributed by atoms with Gasteiger partial charge >= 0.3 is 0 Å². The van der Waals surface area contributed by atoms with Crippen LogP contribution >= 0.6 is 11.3 Å². The number of carbonyl (C=O) groups is 1. The van der Waals surface area contributed by atoms with Gasteiger partial charge in [-0.2, -0.15) is 4.31 Å². The molecule has 1 aliphatic rings. The molecule has 3 aromatic rings. The van der Waals surface area contributed by atoms with Crippen LogP contribution in [0, 0.1) is 17.5 Å². The summed E-state index contributed by atoms with van der Waals surface area (Å²) in [5.74, 6) is -3.44. The summed E-state index contributed by atoms with van der Waals surface area (Å²) in [5, 5.41) is 1.79. The largest absolute Gasteiger partial charge is 0.300 e. The van der Waals surface area contributed by atoms with Crippen molar-refractivity contribution < 1.29 is 26.4 Å². The van der Waals surface area contributed by atoms with E-state index in [1.54, 1.807) is 17.5 Å². The summed E-state index contributed by atoms with van der Waals surface area (Å²) in [6, 6.07) is 9.40. The highest BCUT2D eigenvalue weighted by Gasteiger charge is 2.31. The van der Waals surface area contributed by atoms with Gasteiger partial charge in [0, 0.05) is 29.6 Å². The number of nitrogens with zero attached hydrogens (tertiary/aromatic N) is 2. The predicted octanol–water partition coefficient (Wildman–Crippen LogP) is 4.80. The van der Waals surface area contributed by atoms with Crippen molar-refractivity contribution in [2.75, 3.05) is 18.0 Å². The molecule has 0 bridgehead atoms. The molecule has 1 amide bonds. The lowest BCUT2D eigenvalue weighted by Crippen LogP contribution is -2.32. The minimum Gasteiger partial charge on any atom is -0.300 e. The monoisotopic (exact) mass is 480 g/mol. The van der Waals surface area contributed by atoms with Crippen molar-refractivity contribution in [2.24, 2.45) is 0 Å². The molecule has 10 heteroatoms. The van der Waals surface area contributed by atoms with E-state index >= 15 is 0 Å². The summed E-state index contributed by atoms with van der Waals surface area (Å²) >= 11 is 1.34. The van der Waals surface area contributed by atoms with Gasteiger partial charge in [-0.1, -0.05) is 6.07 Å². The fraction of sp³-hybridized carbons (Fsp3) is 0.227. The number of hydrogen-bond acceptors (Lipinski definition) is 4. The SMILES string of the molecule is O=C(c1ccc(F)c(S(=O)(=O)N2CCCC2)c1)N(Cc1cccs1)c1ccc(F)cc1F. The first-order valence-electron chi connectivity index (χ1n) is 9.86. The second-order valence-corrected chi connectivity index (χ2v) is 10.3. The highest BCUT2D eigenvalue weighted by Crippen LogP contribution is 2.28. The zero-order valence-corrected chi connectivity index (χ0v) is 18.4. The number of thiophene rings is 1. The Labute approximate surface area is 187 Å². The summed E-state index contributed by atoms with van der Waals surface area (Å²) in [6.07, 6.45) is 1.36. The van der Waals surface area contributed by atoms with Crippen LogP contribution in [0.25, 0.3) is 0 Å². The standard InChI is InChI=1S/C22H19F3N2O3S2/c23-16-6-8-20(19(25)13-16)27(14-17-4-3-11-31-17)22(28)15-5-7-18(24)21(12-15)32(29,30)26-9-1-2-10-26/h3-8,11-13H,1-2,9-10,14H2. The Morgan fingerprint density at radius 3 is 2.41 bits per heavy atom. The zero-order valence-electron chi connectivity index (χ0n) is 16.8. The van der Waals surface area contributed by atoms with Crippen molar-refractivity contribution in [1.29, 1.82) is 0 Å². The highest BCUT2D eigenvalue weighted by atomic mass is 32.2. The minimum atomic E-state index is -4.11. The van der Waals surface area contributed by atoms with Gasteiger partial charge in [-0.15, -0.1) is 11.3 Å². The van der Waals surface area contributed by atoms with Gasteiger partial charge in [-0.25, -0.2) is 21.6 Å². The molecule has 2 aromatic carbocycles. The van der Waals surface area contributed by atoms with Gasteiger partial charge in [0.25, 0.3) is 5.91 Å². The van der Waals surface area contributed by atoms with Crippen LogP contribution in [-0.2, 0) is 16.6 Å². The first-order valence-corrected chi connectivity index (χ1v) is 12.2. The van der Waals surface area contributed by atoms with E-state index < -0.39 is 38.3 Å². The number of rotatable bonds is 6. The van der Waals surface area contributed by atoms with Crippen molar-refractivity contribution in [3.63, 3.8) is 0 Å². The number of hydrogen-bond donors (Lipinski definition) is 0. The molecule has 0 radical (unpaired) electrons. The molecule has 32 heavy (non-hydrogen) atoms. The van der Waals surface area contributed by atoms with Crippen LogP contribution in [0.15, 0.2) is 58.8 Å². The molecule has 1 fully saturated rings. The molecule has 2 heterocycles. The van der Waals surface area contributed by atoms with E-state index in [1.165, 1.54) is 15.6 Å². The second-order valence-electron chi connectivity index (χ2n) is 7.32. The van der Waals surface area contributed by atoms with Crippen LogP contribution in [-0.4, -0.2) is 31.7 Å². The Hall–Kier alpha value is -2.69. The maximum absolute atomic E-state index is 14.5. The van der Waals surface area contributed by atoms with Crippen LogP contribution in [0.5, 0.6) is 0 Å². The molecule has 1 aromatic heterocycles. The van der Waals surface area contributed by atoms with Crippen molar-refractivity contribution in [3.8, 4) is 0 Å². The number of halogens is 3. The van der Waals surface area contributed by atoms with Crippen LogP contribution in [0.1, 0.15) is 28.1 Å². The van der Waals surface area contributed by atoms with E-state index in [1.807, 2.05) is 0 Å². The fourth-order valence-electron chi connectivity index (χ4n) is 3.58. The van der Waals surface area contributed by atoms with E-state index in [-0.39, 0.29) is 30.9 Å². The van der Waals surface area contributed by atoms with Crippen LogP contribution in [0.2, 0.25) is 0 Å². The highest BCUT2D eigenvalue weighted by molar-refractivity contribution is 7.89. The first kappa shape index (κ1) is 22.5. The molecular formula is C22H19F3N2O3S2. The quantitative estimate of drug-likeness (QED) is 0.510. The van der Waals surface area contributed by atoms with Crippen LogP contribution in [0.3, 0.4) is 0 Å². The Morgan fingerprint density at radius 2 is 1.75 bits per heavy atom. The molecule has 0 unspecified atom stereocenters. The van der Waals surface area contributed by atoms with E-state index in [4.69, 9.17) is 0 Å². The van der Waals surface area contributed by atoms with Gasteiger partial charge in [-0.3, -0.25) is 4.79 Å². The number of sulfonamides is 1. The summed E-state index contributed by atoms with van der Waals surface area (Å²) < 4.78 is 69.4. The van der Waals surface area contributed by atoms with Crippen LogP contribution < -0.4 is 4.90 Å². The molecule has 168 valence electrons. The fourth-order valence-corrected chi connectivity index (χ4v) is 5.88. The molecule has 4 rings (SSSR count). The Morgan fingerprint density at radius 1 is 1.00 bits per heavy atom. The summed E-state index contributed by atoms with van der Waals surface area (Å²) in [5.41, 5.74) is -0.289. The average molecular weight is 481 g/mol.